The van der Waals surface area contributed by atoms with E-state index in [4.69, 9.17) is 5.73 Å². The van der Waals surface area contributed by atoms with E-state index in [2.05, 4.69) is 18.3 Å². The van der Waals surface area contributed by atoms with Crippen molar-refractivity contribution in [3.63, 3.8) is 0 Å². The van der Waals surface area contributed by atoms with Crippen LogP contribution in [0.2, 0.25) is 0 Å². The van der Waals surface area contributed by atoms with Crippen LogP contribution < -0.4 is 11.1 Å². The van der Waals surface area contributed by atoms with Crippen LogP contribution >= 0.6 is 0 Å². The Hall–Kier alpha value is -1.35. The average molecular weight is 232 g/mol. The van der Waals surface area contributed by atoms with Crippen LogP contribution in [0.1, 0.15) is 30.4 Å². The fourth-order valence-electron chi connectivity index (χ4n) is 2.38. The molecule has 1 aromatic carbocycles. The van der Waals surface area contributed by atoms with Crippen LogP contribution in [0.5, 0.6) is 0 Å². The number of anilines is 1. The van der Waals surface area contributed by atoms with Gasteiger partial charge in [0.05, 0.1) is 0 Å². The Morgan fingerprint density at radius 1 is 1.35 bits per heavy atom. The van der Waals surface area contributed by atoms with Gasteiger partial charge in [0.1, 0.15) is 0 Å². The molecular weight excluding hydrogens is 212 g/mol. The zero-order chi connectivity index (χ0) is 12.4. The van der Waals surface area contributed by atoms with Gasteiger partial charge in [-0.25, -0.2) is 0 Å². The Balaban J connectivity index is 2.06. The van der Waals surface area contributed by atoms with Crippen LogP contribution in [0, 0.1) is 19.8 Å². The van der Waals surface area contributed by atoms with E-state index in [-0.39, 0.29) is 17.9 Å². The highest BCUT2D eigenvalue weighted by Crippen LogP contribution is 2.26. The van der Waals surface area contributed by atoms with Gasteiger partial charge in [-0.2, -0.15) is 0 Å². The van der Waals surface area contributed by atoms with E-state index < -0.39 is 0 Å². The van der Waals surface area contributed by atoms with E-state index in [9.17, 15) is 4.79 Å². The molecule has 0 aliphatic heterocycles. The summed E-state index contributed by atoms with van der Waals surface area (Å²) in [5.41, 5.74) is 9.10. The summed E-state index contributed by atoms with van der Waals surface area (Å²) in [5.74, 6) is 0.205. The van der Waals surface area contributed by atoms with Crippen molar-refractivity contribution in [2.75, 3.05) is 5.32 Å². The molecule has 2 atom stereocenters. The van der Waals surface area contributed by atoms with E-state index >= 15 is 0 Å². The SMILES string of the molecule is Cc1cccc(NC(=O)C2CCC(N)C2)c1C. The fraction of sp³-hybridized carbons (Fsp3) is 0.500. The minimum Gasteiger partial charge on any atom is -0.328 e. The quantitative estimate of drug-likeness (QED) is 0.822. The van der Waals surface area contributed by atoms with Gasteiger partial charge < -0.3 is 11.1 Å². The van der Waals surface area contributed by atoms with Crippen LogP contribution in [0.3, 0.4) is 0 Å². The summed E-state index contributed by atoms with van der Waals surface area (Å²) >= 11 is 0. The Morgan fingerprint density at radius 2 is 2.12 bits per heavy atom. The van der Waals surface area contributed by atoms with Gasteiger partial charge >= 0.3 is 0 Å². The molecule has 1 fully saturated rings. The van der Waals surface area contributed by atoms with E-state index in [1.807, 2.05) is 19.1 Å². The van der Waals surface area contributed by atoms with Gasteiger partial charge in [-0.3, -0.25) is 4.79 Å². The second-order valence-electron chi connectivity index (χ2n) is 5.01. The van der Waals surface area contributed by atoms with E-state index in [0.29, 0.717) is 0 Å². The molecule has 0 saturated heterocycles. The van der Waals surface area contributed by atoms with Crippen LogP contribution in [0.15, 0.2) is 18.2 Å². The van der Waals surface area contributed by atoms with Crippen LogP contribution in [-0.2, 0) is 4.79 Å². The van der Waals surface area contributed by atoms with Crippen LogP contribution in [0.4, 0.5) is 5.69 Å². The van der Waals surface area contributed by atoms with E-state index in [1.165, 1.54) is 5.56 Å². The molecule has 17 heavy (non-hydrogen) atoms. The zero-order valence-electron chi connectivity index (χ0n) is 10.5. The van der Waals surface area contributed by atoms with Gasteiger partial charge in [-0.15, -0.1) is 0 Å². The third-order valence-corrected chi connectivity index (χ3v) is 3.71. The third kappa shape index (κ3) is 2.67. The molecule has 2 rings (SSSR count). The number of nitrogens with one attached hydrogen (secondary N) is 1. The van der Waals surface area contributed by atoms with Crippen LogP contribution in [0.25, 0.3) is 0 Å². The predicted octanol–water partition coefficient (Wildman–Crippen LogP) is 2.37. The Bertz CT molecular complexity index is 428. The molecule has 92 valence electrons. The van der Waals surface area contributed by atoms with Crippen molar-refractivity contribution in [3.8, 4) is 0 Å². The van der Waals surface area contributed by atoms with Gasteiger partial charge in [-0.1, -0.05) is 12.1 Å². The molecule has 3 nitrogen and oxygen atoms in total. The zero-order valence-corrected chi connectivity index (χ0v) is 10.5. The van der Waals surface area contributed by atoms with Gasteiger partial charge in [0.25, 0.3) is 0 Å². The van der Waals surface area contributed by atoms with Crippen molar-refractivity contribution in [1.29, 1.82) is 0 Å². The van der Waals surface area contributed by atoms with E-state index in [0.717, 1.165) is 30.5 Å². The maximum atomic E-state index is 12.1. The molecule has 2 unspecified atom stereocenters. The fourth-order valence-corrected chi connectivity index (χ4v) is 2.38. The lowest BCUT2D eigenvalue weighted by molar-refractivity contribution is -0.119. The summed E-state index contributed by atoms with van der Waals surface area (Å²) in [7, 11) is 0. The van der Waals surface area contributed by atoms with Crippen molar-refractivity contribution < 1.29 is 4.79 Å². The highest BCUT2D eigenvalue weighted by molar-refractivity contribution is 5.93. The summed E-state index contributed by atoms with van der Waals surface area (Å²) in [5, 5.41) is 3.02. The van der Waals surface area contributed by atoms with Crippen molar-refractivity contribution >= 4 is 11.6 Å². The van der Waals surface area contributed by atoms with Crippen molar-refractivity contribution in [3.05, 3.63) is 29.3 Å². The topological polar surface area (TPSA) is 55.1 Å². The highest BCUT2D eigenvalue weighted by atomic mass is 16.1. The lowest BCUT2D eigenvalue weighted by Crippen LogP contribution is -2.23. The molecule has 3 N–H and O–H groups in total. The number of carbonyl (C=O) groups excluding carboxylic acids is 1. The number of hydrogen-bond donors (Lipinski definition) is 2. The molecule has 1 aromatic rings. The van der Waals surface area contributed by atoms with Crippen LogP contribution in [-0.4, -0.2) is 11.9 Å². The lowest BCUT2D eigenvalue weighted by atomic mass is 10.1. The molecular formula is C14H20N2O. The van der Waals surface area contributed by atoms with Gasteiger partial charge in [0, 0.05) is 17.6 Å². The molecule has 1 amide bonds. The largest absolute Gasteiger partial charge is 0.328 e. The normalized spacial score (nSPS) is 23.7. The minimum atomic E-state index is 0.0879. The summed E-state index contributed by atoms with van der Waals surface area (Å²) in [6, 6.07) is 6.17. The van der Waals surface area contributed by atoms with Gasteiger partial charge in [0.2, 0.25) is 5.91 Å². The summed E-state index contributed by atoms with van der Waals surface area (Å²) < 4.78 is 0. The minimum absolute atomic E-state index is 0.0879. The molecule has 0 radical (unpaired) electrons. The summed E-state index contributed by atoms with van der Waals surface area (Å²) in [6.45, 7) is 4.09. The molecule has 1 aliphatic rings. The summed E-state index contributed by atoms with van der Waals surface area (Å²) in [6.07, 6.45) is 2.69. The number of rotatable bonds is 2. The Kier molecular flexibility index (Phi) is 3.48. The van der Waals surface area contributed by atoms with E-state index in [1.54, 1.807) is 0 Å². The number of carbonyl (C=O) groups is 1. The molecule has 0 bridgehead atoms. The standard InChI is InChI=1S/C14H20N2O/c1-9-4-3-5-13(10(9)2)16-14(17)11-6-7-12(15)8-11/h3-5,11-12H,6-8,15H2,1-2H3,(H,16,17). The van der Waals surface area contributed by atoms with Crippen molar-refractivity contribution in [2.24, 2.45) is 11.7 Å². The smallest absolute Gasteiger partial charge is 0.227 e. The number of benzene rings is 1. The first-order chi connectivity index (χ1) is 8.08. The molecule has 1 aliphatic carbocycles. The first-order valence-corrected chi connectivity index (χ1v) is 6.20. The average Bonchev–Trinajstić information content (AvgIpc) is 2.72. The first kappa shape index (κ1) is 12.1. The second kappa shape index (κ2) is 4.88. The van der Waals surface area contributed by atoms with Crippen molar-refractivity contribution in [1.82, 2.24) is 0 Å². The maximum Gasteiger partial charge on any atom is 0.227 e. The molecule has 1 saturated carbocycles. The molecule has 3 heteroatoms. The number of amides is 1. The number of hydrogen-bond acceptors (Lipinski definition) is 2. The van der Waals surface area contributed by atoms with Gasteiger partial charge in [-0.05, 0) is 50.3 Å². The first-order valence-electron chi connectivity index (χ1n) is 6.20. The number of nitrogens with two attached hydrogens (primary N) is 1. The van der Waals surface area contributed by atoms with Crippen molar-refractivity contribution in [2.45, 2.75) is 39.2 Å². The second-order valence-corrected chi connectivity index (χ2v) is 5.01. The maximum absolute atomic E-state index is 12.1. The monoisotopic (exact) mass is 232 g/mol. The molecule has 0 heterocycles. The number of aryl methyl sites for hydroxylation is 1. The Morgan fingerprint density at radius 3 is 2.76 bits per heavy atom. The predicted molar refractivity (Wildman–Crippen MR) is 69.9 cm³/mol. The highest BCUT2D eigenvalue weighted by Gasteiger charge is 2.27. The molecule has 0 spiro atoms. The summed E-state index contributed by atoms with van der Waals surface area (Å²) in [4.78, 5) is 12.1. The Labute approximate surface area is 102 Å². The third-order valence-electron chi connectivity index (χ3n) is 3.71. The molecule has 0 aromatic heterocycles. The lowest BCUT2D eigenvalue weighted by Gasteiger charge is -2.13. The van der Waals surface area contributed by atoms with Gasteiger partial charge in [0.15, 0.2) is 0 Å².